The molecule has 1 atom stereocenters. The van der Waals surface area contributed by atoms with Crippen molar-refractivity contribution in [3.8, 4) is 0 Å². The minimum absolute atomic E-state index is 0.161. The zero-order chi connectivity index (χ0) is 20.2. The second kappa shape index (κ2) is 6.82. The molecule has 1 amide bonds. The Hall–Kier alpha value is -2.43. The van der Waals surface area contributed by atoms with Gasteiger partial charge in [0.05, 0.1) is 12.4 Å². The predicted molar refractivity (Wildman–Crippen MR) is 98.4 cm³/mol. The van der Waals surface area contributed by atoms with Gasteiger partial charge in [0.1, 0.15) is 12.9 Å². The number of piperazine rings is 1. The number of aromatic nitrogens is 4. The molecule has 2 aromatic heterocycles. The SMILES string of the molecule is O=C1C(N2CCN(c3ncnc4c3ncn4C3CC3)CC2)CCN1CC(F)(F)F. The minimum atomic E-state index is -4.36. The highest BCUT2D eigenvalue weighted by Gasteiger charge is 2.42. The highest BCUT2D eigenvalue weighted by atomic mass is 19.4. The number of rotatable bonds is 4. The molecule has 1 unspecified atom stereocenters. The lowest BCUT2D eigenvalue weighted by molar-refractivity contribution is -0.159. The van der Waals surface area contributed by atoms with E-state index < -0.39 is 24.7 Å². The van der Waals surface area contributed by atoms with Crippen LogP contribution in [0.3, 0.4) is 0 Å². The maximum atomic E-state index is 12.6. The fraction of sp³-hybridized carbons (Fsp3) is 0.667. The van der Waals surface area contributed by atoms with Crippen molar-refractivity contribution in [2.75, 3.05) is 44.2 Å². The van der Waals surface area contributed by atoms with Crippen LogP contribution in [0.2, 0.25) is 0 Å². The Labute approximate surface area is 165 Å². The van der Waals surface area contributed by atoms with Crippen molar-refractivity contribution >= 4 is 22.9 Å². The molecular weight excluding hydrogens is 387 g/mol. The first kappa shape index (κ1) is 18.6. The summed E-state index contributed by atoms with van der Waals surface area (Å²) in [6.07, 6.45) is 1.75. The number of imidazole rings is 1. The number of halogens is 3. The fourth-order valence-corrected chi connectivity index (χ4v) is 4.37. The zero-order valence-electron chi connectivity index (χ0n) is 15.8. The summed E-state index contributed by atoms with van der Waals surface area (Å²) in [5.41, 5.74) is 1.62. The molecule has 1 aliphatic carbocycles. The van der Waals surface area contributed by atoms with Gasteiger partial charge >= 0.3 is 6.18 Å². The van der Waals surface area contributed by atoms with Gasteiger partial charge in [-0.05, 0) is 19.3 Å². The van der Waals surface area contributed by atoms with Gasteiger partial charge in [-0.15, -0.1) is 0 Å². The van der Waals surface area contributed by atoms with Crippen LogP contribution in [0.25, 0.3) is 11.2 Å². The molecule has 11 heteroatoms. The molecular formula is C18H22F3N7O. The zero-order valence-corrected chi connectivity index (χ0v) is 15.8. The van der Waals surface area contributed by atoms with E-state index >= 15 is 0 Å². The summed E-state index contributed by atoms with van der Waals surface area (Å²) >= 11 is 0. The number of anilines is 1. The number of carbonyl (C=O) groups excluding carboxylic acids is 1. The Morgan fingerprint density at radius 1 is 1.00 bits per heavy atom. The molecule has 1 saturated carbocycles. The standard InChI is InChI=1S/C18H22F3N7O/c19-18(20,21)9-27-4-3-13(17(27)29)25-5-7-26(8-6-25)15-14-16(23-10-22-15)28(11-24-14)12-1-2-12/h10-13H,1-9H2. The maximum Gasteiger partial charge on any atom is 0.406 e. The van der Waals surface area contributed by atoms with Gasteiger partial charge < -0.3 is 14.4 Å². The first-order chi connectivity index (χ1) is 13.9. The average Bonchev–Trinajstić information content (AvgIpc) is 3.35. The van der Waals surface area contributed by atoms with E-state index in [-0.39, 0.29) is 6.54 Å². The third kappa shape index (κ3) is 3.52. The summed E-state index contributed by atoms with van der Waals surface area (Å²) in [6.45, 7) is 1.49. The number of amides is 1. The largest absolute Gasteiger partial charge is 0.406 e. The molecule has 2 aromatic rings. The van der Waals surface area contributed by atoms with Crippen LogP contribution in [0.4, 0.5) is 19.0 Å². The number of alkyl halides is 3. The van der Waals surface area contributed by atoms with E-state index in [2.05, 4.69) is 24.4 Å². The van der Waals surface area contributed by atoms with E-state index in [1.165, 1.54) is 0 Å². The van der Waals surface area contributed by atoms with Gasteiger partial charge in [-0.2, -0.15) is 13.2 Å². The van der Waals surface area contributed by atoms with Crippen molar-refractivity contribution in [2.45, 2.75) is 37.5 Å². The number of hydrogen-bond acceptors (Lipinski definition) is 6. The molecule has 0 bridgehead atoms. The molecule has 5 rings (SSSR count). The minimum Gasteiger partial charge on any atom is -0.352 e. The van der Waals surface area contributed by atoms with Gasteiger partial charge in [-0.3, -0.25) is 9.69 Å². The first-order valence-corrected chi connectivity index (χ1v) is 9.93. The number of carbonyl (C=O) groups is 1. The summed E-state index contributed by atoms with van der Waals surface area (Å²) in [4.78, 5) is 30.8. The van der Waals surface area contributed by atoms with Crippen LogP contribution in [-0.2, 0) is 4.79 Å². The molecule has 2 aliphatic heterocycles. The number of nitrogens with zero attached hydrogens (tertiary/aromatic N) is 7. The van der Waals surface area contributed by atoms with E-state index in [0.717, 1.165) is 34.7 Å². The summed E-state index contributed by atoms with van der Waals surface area (Å²) in [6, 6.07) is 0.0200. The molecule has 0 aromatic carbocycles. The Morgan fingerprint density at radius 3 is 2.45 bits per heavy atom. The van der Waals surface area contributed by atoms with Gasteiger partial charge in [-0.25, -0.2) is 15.0 Å². The Morgan fingerprint density at radius 2 is 1.76 bits per heavy atom. The van der Waals surface area contributed by atoms with Crippen LogP contribution >= 0.6 is 0 Å². The van der Waals surface area contributed by atoms with Crippen molar-refractivity contribution in [1.29, 1.82) is 0 Å². The molecule has 0 radical (unpaired) electrons. The van der Waals surface area contributed by atoms with Crippen LogP contribution in [0.1, 0.15) is 25.3 Å². The number of hydrogen-bond donors (Lipinski definition) is 0. The lowest BCUT2D eigenvalue weighted by Crippen LogP contribution is -2.53. The van der Waals surface area contributed by atoms with Crippen molar-refractivity contribution < 1.29 is 18.0 Å². The van der Waals surface area contributed by atoms with Gasteiger partial charge in [0, 0.05) is 38.8 Å². The second-order valence-corrected chi connectivity index (χ2v) is 7.95. The molecule has 2 saturated heterocycles. The molecule has 4 heterocycles. The van der Waals surface area contributed by atoms with E-state index in [4.69, 9.17) is 0 Å². The fourth-order valence-electron chi connectivity index (χ4n) is 4.37. The molecule has 0 spiro atoms. The first-order valence-electron chi connectivity index (χ1n) is 9.93. The third-order valence-corrected chi connectivity index (χ3v) is 5.97. The summed E-state index contributed by atoms with van der Waals surface area (Å²) in [5.74, 6) is 0.369. The van der Waals surface area contributed by atoms with Crippen LogP contribution in [-0.4, -0.2) is 86.7 Å². The molecule has 3 fully saturated rings. The van der Waals surface area contributed by atoms with Gasteiger partial charge in [0.2, 0.25) is 5.91 Å². The van der Waals surface area contributed by atoms with E-state index in [1.54, 1.807) is 6.33 Å². The molecule has 3 aliphatic rings. The lowest BCUT2D eigenvalue weighted by atomic mass is 10.2. The van der Waals surface area contributed by atoms with Gasteiger partial charge in [0.15, 0.2) is 17.0 Å². The summed E-state index contributed by atoms with van der Waals surface area (Å²) in [5, 5.41) is 0. The van der Waals surface area contributed by atoms with E-state index in [1.807, 2.05) is 11.2 Å². The van der Waals surface area contributed by atoms with Gasteiger partial charge in [0.25, 0.3) is 0 Å². The van der Waals surface area contributed by atoms with Crippen molar-refractivity contribution in [3.63, 3.8) is 0 Å². The summed E-state index contributed by atoms with van der Waals surface area (Å²) < 4.78 is 40.0. The third-order valence-electron chi connectivity index (χ3n) is 5.97. The van der Waals surface area contributed by atoms with Crippen molar-refractivity contribution in [1.82, 2.24) is 29.3 Å². The van der Waals surface area contributed by atoms with Crippen LogP contribution < -0.4 is 4.90 Å². The van der Waals surface area contributed by atoms with E-state index in [9.17, 15) is 18.0 Å². The lowest BCUT2D eigenvalue weighted by Gasteiger charge is -2.37. The molecule has 0 N–H and O–H groups in total. The van der Waals surface area contributed by atoms with Crippen LogP contribution in [0.5, 0.6) is 0 Å². The quantitative estimate of drug-likeness (QED) is 0.761. The Bertz CT molecular complexity index is 918. The molecule has 156 valence electrons. The van der Waals surface area contributed by atoms with Crippen molar-refractivity contribution in [3.05, 3.63) is 12.7 Å². The highest BCUT2D eigenvalue weighted by molar-refractivity contribution is 5.85. The smallest absolute Gasteiger partial charge is 0.352 e. The molecule has 29 heavy (non-hydrogen) atoms. The number of likely N-dealkylation sites (tertiary alicyclic amines) is 1. The monoisotopic (exact) mass is 409 g/mol. The van der Waals surface area contributed by atoms with E-state index in [0.29, 0.717) is 38.6 Å². The van der Waals surface area contributed by atoms with Gasteiger partial charge in [-0.1, -0.05) is 0 Å². The number of fused-ring (bicyclic) bond motifs is 1. The summed E-state index contributed by atoms with van der Waals surface area (Å²) in [7, 11) is 0. The average molecular weight is 409 g/mol. The van der Waals surface area contributed by atoms with Crippen LogP contribution in [0.15, 0.2) is 12.7 Å². The van der Waals surface area contributed by atoms with Crippen molar-refractivity contribution in [2.24, 2.45) is 0 Å². The topological polar surface area (TPSA) is 70.4 Å². The normalized spacial score (nSPS) is 24.1. The molecule has 8 nitrogen and oxygen atoms in total. The Kier molecular flexibility index (Phi) is 4.37. The predicted octanol–water partition coefficient (Wildman–Crippen LogP) is 1.45. The Balaban J connectivity index is 1.26. The highest BCUT2D eigenvalue weighted by Crippen LogP contribution is 2.37. The second-order valence-electron chi connectivity index (χ2n) is 7.95. The van der Waals surface area contributed by atoms with Crippen LogP contribution in [0, 0.1) is 0 Å². The maximum absolute atomic E-state index is 12.6.